The van der Waals surface area contributed by atoms with Crippen LogP contribution in [-0.2, 0) is 9.53 Å². The summed E-state index contributed by atoms with van der Waals surface area (Å²) in [6.45, 7) is 3.66. The van der Waals surface area contributed by atoms with Gasteiger partial charge in [0.05, 0.1) is 18.2 Å². The third-order valence-electron chi connectivity index (χ3n) is 4.61. The number of rotatable bonds is 6. The zero-order chi connectivity index (χ0) is 17.7. The van der Waals surface area contributed by atoms with Gasteiger partial charge in [-0.25, -0.2) is 8.78 Å². The first-order valence-electron chi connectivity index (χ1n) is 8.42. The highest BCUT2D eigenvalue weighted by Gasteiger charge is 2.24. The lowest BCUT2D eigenvalue weighted by Crippen LogP contribution is -2.40. The molecule has 0 saturated heterocycles. The van der Waals surface area contributed by atoms with Gasteiger partial charge in [-0.3, -0.25) is 4.79 Å². The zero-order valence-corrected chi connectivity index (χ0v) is 14.1. The van der Waals surface area contributed by atoms with Crippen molar-refractivity contribution < 1.29 is 23.4 Å². The van der Waals surface area contributed by atoms with Crippen molar-refractivity contribution >= 4 is 5.91 Å². The molecule has 1 fully saturated rings. The van der Waals surface area contributed by atoms with E-state index in [1.54, 1.807) is 6.92 Å². The average molecular weight is 341 g/mol. The minimum Gasteiger partial charge on any atom is -0.386 e. The summed E-state index contributed by atoms with van der Waals surface area (Å²) < 4.78 is 31.8. The fraction of sp³-hybridized carbons (Fsp3) is 0.611. The molecule has 1 amide bonds. The highest BCUT2D eigenvalue weighted by atomic mass is 19.2. The normalized spacial score (nSPS) is 23.5. The van der Waals surface area contributed by atoms with Gasteiger partial charge < -0.3 is 15.2 Å². The lowest BCUT2D eigenvalue weighted by Gasteiger charge is -2.29. The van der Waals surface area contributed by atoms with E-state index in [1.807, 2.05) is 0 Å². The van der Waals surface area contributed by atoms with Crippen LogP contribution in [0.5, 0.6) is 0 Å². The molecule has 0 aliphatic heterocycles. The molecule has 24 heavy (non-hydrogen) atoms. The zero-order valence-electron chi connectivity index (χ0n) is 14.1. The van der Waals surface area contributed by atoms with Crippen LogP contribution in [0.1, 0.15) is 51.2 Å². The van der Waals surface area contributed by atoms with Crippen LogP contribution >= 0.6 is 0 Å². The number of carbonyl (C=O) groups is 1. The Morgan fingerprint density at radius 1 is 1.33 bits per heavy atom. The molecule has 134 valence electrons. The standard InChI is InChI=1S/C18H25F2NO3/c1-11-5-3-4-6-16(11)24-10-17(22)21-12(2)18(23)13-7-8-14(19)15(20)9-13/h7-9,11-12,16,18,23H,3-6,10H2,1-2H3,(H,21,22). The van der Waals surface area contributed by atoms with Crippen molar-refractivity contribution in [1.82, 2.24) is 5.32 Å². The molecule has 0 spiro atoms. The number of nitrogens with one attached hydrogen (secondary N) is 1. The maximum absolute atomic E-state index is 13.2. The second-order valence-electron chi connectivity index (χ2n) is 6.59. The van der Waals surface area contributed by atoms with Crippen molar-refractivity contribution in [2.75, 3.05) is 6.61 Å². The first-order valence-corrected chi connectivity index (χ1v) is 8.42. The molecular weight excluding hydrogens is 316 g/mol. The summed E-state index contributed by atoms with van der Waals surface area (Å²) in [6.07, 6.45) is 3.35. The number of amides is 1. The average Bonchev–Trinajstić information content (AvgIpc) is 2.56. The summed E-state index contributed by atoms with van der Waals surface area (Å²) in [6, 6.07) is 2.54. The summed E-state index contributed by atoms with van der Waals surface area (Å²) >= 11 is 0. The molecule has 4 nitrogen and oxygen atoms in total. The Morgan fingerprint density at radius 2 is 2.04 bits per heavy atom. The molecule has 1 aromatic carbocycles. The highest BCUT2D eigenvalue weighted by Crippen LogP contribution is 2.26. The van der Waals surface area contributed by atoms with E-state index in [0.717, 1.165) is 31.4 Å². The van der Waals surface area contributed by atoms with Crippen molar-refractivity contribution in [2.24, 2.45) is 5.92 Å². The predicted molar refractivity (Wildman–Crippen MR) is 86.3 cm³/mol. The second kappa shape index (κ2) is 8.53. The van der Waals surface area contributed by atoms with E-state index in [4.69, 9.17) is 4.74 Å². The van der Waals surface area contributed by atoms with Crippen LogP contribution in [0.15, 0.2) is 18.2 Å². The summed E-state index contributed by atoms with van der Waals surface area (Å²) in [4.78, 5) is 12.0. The molecule has 0 radical (unpaired) electrons. The number of carbonyl (C=O) groups excluding carboxylic acids is 1. The Bertz CT molecular complexity index is 567. The SMILES string of the molecule is CC1CCCCC1OCC(=O)NC(C)C(O)c1ccc(F)c(F)c1. The second-order valence-corrected chi connectivity index (χ2v) is 6.59. The van der Waals surface area contributed by atoms with Gasteiger partial charge in [-0.2, -0.15) is 0 Å². The summed E-state index contributed by atoms with van der Waals surface area (Å²) in [7, 11) is 0. The molecule has 1 aliphatic carbocycles. The smallest absolute Gasteiger partial charge is 0.246 e. The predicted octanol–water partition coefficient (Wildman–Crippen LogP) is 3.10. The van der Waals surface area contributed by atoms with Crippen LogP contribution in [0.4, 0.5) is 8.78 Å². The molecular formula is C18H25F2NO3. The number of aliphatic hydroxyl groups excluding tert-OH is 1. The number of halogens is 2. The van der Waals surface area contributed by atoms with Crippen LogP contribution < -0.4 is 5.32 Å². The van der Waals surface area contributed by atoms with Gasteiger partial charge in [-0.1, -0.05) is 25.8 Å². The number of hydrogen-bond acceptors (Lipinski definition) is 3. The largest absolute Gasteiger partial charge is 0.386 e. The molecule has 2 N–H and O–H groups in total. The summed E-state index contributed by atoms with van der Waals surface area (Å²) in [5, 5.41) is 12.8. The number of benzene rings is 1. The Labute approximate surface area is 141 Å². The van der Waals surface area contributed by atoms with Crippen molar-refractivity contribution in [1.29, 1.82) is 0 Å². The minimum atomic E-state index is -1.13. The minimum absolute atomic E-state index is 0.0656. The van der Waals surface area contributed by atoms with E-state index in [9.17, 15) is 18.7 Å². The first-order chi connectivity index (χ1) is 11.4. The molecule has 1 saturated carbocycles. The third kappa shape index (κ3) is 4.98. The van der Waals surface area contributed by atoms with E-state index in [-0.39, 0.29) is 24.2 Å². The van der Waals surface area contributed by atoms with Crippen LogP contribution in [0.3, 0.4) is 0 Å². The van der Waals surface area contributed by atoms with Crippen LogP contribution in [-0.4, -0.2) is 29.8 Å². The van der Waals surface area contributed by atoms with E-state index < -0.39 is 23.8 Å². The molecule has 6 heteroatoms. The number of hydrogen-bond donors (Lipinski definition) is 2. The molecule has 4 atom stereocenters. The quantitative estimate of drug-likeness (QED) is 0.836. The fourth-order valence-corrected chi connectivity index (χ4v) is 3.07. The molecule has 2 rings (SSSR count). The first kappa shape index (κ1) is 18.8. The van der Waals surface area contributed by atoms with Gasteiger partial charge in [0.1, 0.15) is 6.61 Å². The van der Waals surface area contributed by atoms with Gasteiger partial charge in [0.2, 0.25) is 5.91 Å². The fourth-order valence-electron chi connectivity index (χ4n) is 3.07. The van der Waals surface area contributed by atoms with Crippen molar-refractivity contribution in [2.45, 2.75) is 57.8 Å². The van der Waals surface area contributed by atoms with Crippen molar-refractivity contribution in [3.63, 3.8) is 0 Å². The van der Waals surface area contributed by atoms with E-state index in [1.165, 1.54) is 12.5 Å². The Kier molecular flexibility index (Phi) is 6.69. The van der Waals surface area contributed by atoms with Gasteiger partial charge in [0, 0.05) is 0 Å². The molecule has 0 bridgehead atoms. The highest BCUT2D eigenvalue weighted by molar-refractivity contribution is 5.77. The third-order valence-corrected chi connectivity index (χ3v) is 4.61. The molecule has 1 aromatic rings. The van der Waals surface area contributed by atoms with Crippen molar-refractivity contribution in [3.8, 4) is 0 Å². The van der Waals surface area contributed by atoms with E-state index in [2.05, 4.69) is 12.2 Å². The lowest BCUT2D eigenvalue weighted by atomic mass is 9.88. The van der Waals surface area contributed by atoms with Crippen molar-refractivity contribution in [3.05, 3.63) is 35.4 Å². The van der Waals surface area contributed by atoms with Gasteiger partial charge >= 0.3 is 0 Å². The van der Waals surface area contributed by atoms with E-state index in [0.29, 0.717) is 5.92 Å². The Balaban J connectivity index is 1.82. The molecule has 1 aliphatic rings. The number of ether oxygens (including phenoxy) is 1. The topological polar surface area (TPSA) is 58.6 Å². The van der Waals surface area contributed by atoms with Gasteiger partial charge in [0.15, 0.2) is 11.6 Å². The molecule has 0 aromatic heterocycles. The van der Waals surface area contributed by atoms with Gasteiger partial charge in [0.25, 0.3) is 0 Å². The lowest BCUT2D eigenvalue weighted by molar-refractivity contribution is -0.131. The van der Waals surface area contributed by atoms with Gasteiger partial charge in [-0.15, -0.1) is 0 Å². The summed E-state index contributed by atoms with van der Waals surface area (Å²) in [5.41, 5.74) is 0.212. The monoisotopic (exact) mass is 341 g/mol. The van der Waals surface area contributed by atoms with Crippen LogP contribution in [0.25, 0.3) is 0 Å². The number of aliphatic hydroxyl groups is 1. The molecule has 4 unspecified atom stereocenters. The maximum Gasteiger partial charge on any atom is 0.246 e. The van der Waals surface area contributed by atoms with E-state index >= 15 is 0 Å². The maximum atomic E-state index is 13.2. The summed E-state index contributed by atoms with van der Waals surface area (Å²) in [5.74, 6) is -1.89. The molecule has 0 heterocycles. The van der Waals surface area contributed by atoms with Gasteiger partial charge in [-0.05, 0) is 43.4 Å². The van der Waals surface area contributed by atoms with Crippen LogP contribution in [0.2, 0.25) is 0 Å². The van der Waals surface area contributed by atoms with Crippen LogP contribution in [0, 0.1) is 17.6 Å². The Hall–Kier alpha value is -1.53. The Morgan fingerprint density at radius 3 is 2.71 bits per heavy atom.